The minimum atomic E-state index is -0.835. The first-order chi connectivity index (χ1) is 9.04. The molecule has 0 amide bonds. The largest absolute Gasteiger partial charge is 0.481 e. The molecule has 0 aliphatic rings. The van der Waals surface area contributed by atoms with Crippen LogP contribution in [0.15, 0.2) is 0 Å². The van der Waals surface area contributed by atoms with Gasteiger partial charge in [0.05, 0.1) is 5.41 Å². The lowest BCUT2D eigenvalue weighted by Crippen LogP contribution is -2.41. The molecule has 0 radical (unpaired) electrons. The van der Waals surface area contributed by atoms with E-state index >= 15 is 0 Å². The third kappa shape index (κ3) is 5.46. The molecular formula is C14H26O6. The monoisotopic (exact) mass is 290 g/mol. The zero-order chi connectivity index (χ0) is 16.0. The number of aliphatic carboxylic acids is 1. The van der Waals surface area contributed by atoms with E-state index in [0.29, 0.717) is 12.8 Å². The second-order valence-electron chi connectivity index (χ2n) is 6.03. The Bertz CT molecular complexity index is 335. The number of carbonyl (C=O) groups excluding carboxylic acids is 1. The first-order valence-electron chi connectivity index (χ1n) is 6.67. The van der Waals surface area contributed by atoms with E-state index in [1.54, 1.807) is 20.8 Å². The van der Waals surface area contributed by atoms with E-state index in [-0.39, 0.29) is 6.42 Å². The van der Waals surface area contributed by atoms with E-state index in [1.165, 1.54) is 7.11 Å². The topological polar surface area (TPSA) is 82.1 Å². The highest BCUT2D eigenvalue weighted by Crippen LogP contribution is 2.43. The van der Waals surface area contributed by atoms with Crippen LogP contribution in [-0.2, 0) is 24.1 Å². The highest BCUT2D eigenvalue weighted by atomic mass is 17.2. The van der Waals surface area contributed by atoms with Crippen LogP contribution in [0.2, 0.25) is 0 Å². The van der Waals surface area contributed by atoms with Crippen LogP contribution >= 0.6 is 0 Å². The minimum Gasteiger partial charge on any atom is -0.481 e. The Morgan fingerprint density at radius 3 is 2.20 bits per heavy atom. The van der Waals surface area contributed by atoms with Crippen molar-refractivity contribution < 1.29 is 29.2 Å². The van der Waals surface area contributed by atoms with E-state index in [1.807, 2.05) is 13.8 Å². The maximum Gasteiger partial charge on any atom is 0.348 e. The highest BCUT2D eigenvalue weighted by molar-refractivity contribution is 5.76. The number of methoxy groups -OCH3 is 1. The molecule has 0 aliphatic carbocycles. The molecule has 1 unspecified atom stereocenters. The van der Waals surface area contributed by atoms with Gasteiger partial charge in [0.25, 0.3) is 0 Å². The lowest BCUT2D eigenvalue weighted by atomic mass is 9.65. The molecular weight excluding hydrogens is 264 g/mol. The maximum absolute atomic E-state index is 12.1. The van der Waals surface area contributed by atoms with Crippen molar-refractivity contribution in [2.75, 3.05) is 7.11 Å². The Hall–Kier alpha value is -1.14. The molecule has 0 saturated carbocycles. The van der Waals surface area contributed by atoms with Crippen LogP contribution in [0.3, 0.4) is 0 Å². The third-order valence-electron chi connectivity index (χ3n) is 3.99. The van der Waals surface area contributed by atoms with E-state index in [0.717, 1.165) is 0 Å². The lowest BCUT2D eigenvalue weighted by Gasteiger charge is -2.39. The Kier molecular flexibility index (Phi) is 7.16. The summed E-state index contributed by atoms with van der Waals surface area (Å²) in [6.45, 7) is 8.96. The van der Waals surface area contributed by atoms with E-state index < -0.39 is 29.1 Å². The number of carboxylic acids is 1. The standard InChI is InChI=1S/C14H26O6/c1-10(18-6)19-20-12(17)14(4,5)13(2,3)9-7-8-11(15)16/h10H,7-9H2,1-6H3,(H,15,16). The van der Waals surface area contributed by atoms with Crippen LogP contribution in [0.1, 0.15) is 53.9 Å². The molecule has 0 aromatic carbocycles. The third-order valence-corrected chi connectivity index (χ3v) is 3.99. The van der Waals surface area contributed by atoms with Gasteiger partial charge in [-0.15, -0.1) is 0 Å². The van der Waals surface area contributed by atoms with Crippen molar-refractivity contribution in [3.63, 3.8) is 0 Å². The minimum absolute atomic E-state index is 0.0891. The molecule has 1 N–H and O–H groups in total. The molecule has 0 bridgehead atoms. The Balaban J connectivity index is 4.56. The maximum atomic E-state index is 12.1. The lowest BCUT2D eigenvalue weighted by molar-refractivity contribution is -0.348. The fourth-order valence-corrected chi connectivity index (χ4v) is 1.53. The van der Waals surface area contributed by atoms with Crippen molar-refractivity contribution in [2.45, 2.75) is 60.2 Å². The SMILES string of the molecule is COC(C)OOC(=O)C(C)(C)C(C)(C)CCCC(=O)O. The van der Waals surface area contributed by atoms with Crippen molar-refractivity contribution in [2.24, 2.45) is 10.8 Å². The average Bonchev–Trinajstić information content (AvgIpc) is 2.34. The Morgan fingerprint density at radius 1 is 1.20 bits per heavy atom. The zero-order valence-corrected chi connectivity index (χ0v) is 13.2. The van der Waals surface area contributed by atoms with Crippen LogP contribution < -0.4 is 0 Å². The molecule has 6 nitrogen and oxygen atoms in total. The number of carbonyl (C=O) groups is 2. The molecule has 0 aromatic heterocycles. The molecule has 20 heavy (non-hydrogen) atoms. The fraction of sp³-hybridized carbons (Fsp3) is 0.857. The van der Waals surface area contributed by atoms with Crippen LogP contribution in [-0.4, -0.2) is 30.4 Å². The summed E-state index contributed by atoms with van der Waals surface area (Å²) in [5.74, 6) is -1.33. The molecule has 0 spiro atoms. The average molecular weight is 290 g/mol. The van der Waals surface area contributed by atoms with Crippen molar-refractivity contribution in [1.29, 1.82) is 0 Å². The molecule has 118 valence electrons. The van der Waals surface area contributed by atoms with Gasteiger partial charge in [-0.2, -0.15) is 4.89 Å². The summed E-state index contributed by atoms with van der Waals surface area (Å²) in [5.41, 5.74) is -1.22. The van der Waals surface area contributed by atoms with Gasteiger partial charge < -0.3 is 9.84 Å². The molecule has 6 heteroatoms. The predicted octanol–water partition coefficient (Wildman–Crippen LogP) is 2.76. The fourth-order valence-electron chi connectivity index (χ4n) is 1.53. The number of rotatable bonds is 9. The Labute approximate surface area is 120 Å². The van der Waals surface area contributed by atoms with Gasteiger partial charge in [-0.3, -0.25) is 9.68 Å². The Morgan fingerprint density at radius 2 is 1.75 bits per heavy atom. The van der Waals surface area contributed by atoms with Gasteiger partial charge >= 0.3 is 11.9 Å². The first-order valence-corrected chi connectivity index (χ1v) is 6.67. The summed E-state index contributed by atoms with van der Waals surface area (Å²) in [6, 6.07) is 0. The van der Waals surface area contributed by atoms with Crippen molar-refractivity contribution >= 4 is 11.9 Å². The van der Waals surface area contributed by atoms with E-state index in [4.69, 9.17) is 19.6 Å². The second-order valence-corrected chi connectivity index (χ2v) is 6.03. The number of ether oxygens (including phenoxy) is 1. The smallest absolute Gasteiger partial charge is 0.348 e. The summed E-state index contributed by atoms with van der Waals surface area (Å²) in [7, 11) is 1.44. The van der Waals surface area contributed by atoms with Gasteiger partial charge in [-0.25, -0.2) is 4.79 Å². The first kappa shape index (κ1) is 18.9. The van der Waals surface area contributed by atoms with E-state index in [9.17, 15) is 9.59 Å². The van der Waals surface area contributed by atoms with Crippen LogP contribution in [0.25, 0.3) is 0 Å². The van der Waals surface area contributed by atoms with Crippen LogP contribution in [0, 0.1) is 10.8 Å². The number of hydrogen-bond donors (Lipinski definition) is 1. The van der Waals surface area contributed by atoms with Crippen LogP contribution in [0.4, 0.5) is 0 Å². The molecule has 0 fully saturated rings. The molecule has 0 aromatic rings. The normalized spacial score (nSPS) is 13.9. The highest BCUT2D eigenvalue weighted by Gasteiger charge is 2.45. The molecule has 0 aliphatic heterocycles. The van der Waals surface area contributed by atoms with Crippen molar-refractivity contribution in [1.82, 2.24) is 0 Å². The summed E-state index contributed by atoms with van der Waals surface area (Å²) in [4.78, 5) is 32.3. The number of hydrogen-bond acceptors (Lipinski definition) is 5. The van der Waals surface area contributed by atoms with Gasteiger partial charge in [0.15, 0.2) is 6.29 Å². The van der Waals surface area contributed by atoms with Crippen LogP contribution in [0.5, 0.6) is 0 Å². The predicted molar refractivity (Wildman–Crippen MR) is 72.7 cm³/mol. The summed E-state index contributed by atoms with van der Waals surface area (Å²) < 4.78 is 4.83. The van der Waals surface area contributed by atoms with E-state index in [2.05, 4.69) is 0 Å². The second kappa shape index (κ2) is 7.59. The summed E-state index contributed by atoms with van der Waals surface area (Å²) in [5, 5.41) is 8.67. The van der Waals surface area contributed by atoms with Gasteiger partial charge in [0, 0.05) is 13.5 Å². The number of carboxylic acid groups (broad SMARTS) is 1. The van der Waals surface area contributed by atoms with Gasteiger partial charge in [-0.1, -0.05) is 13.8 Å². The van der Waals surface area contributed by atoms with Crippen molar-refractivity contribution in [3.8, 4) is 0 Å². The van der Waals surface area contributed by atoms with Gasteiger partial charge in [-0.05, 0) is 39.0 Å². The molecule has 0 rings (SSSR count). The summed E-state index contributed by atoms with van der Waals surface area (Å²) >= 11 is 0. The quantitative estimate of drug-likeness (QED) is 0.399. The molecule has 0 heterocycles. The molecule has 1 atom stereocenters. The van der Waals surface area contributed by atoms with Gasteiger partial charge in [0.1, 0.15) is 0 Å². The van der Waals surface area contributed by atoms with Crippen molar-refractivity contribution in [3.05, 3.63) is 0 Å². The molecule has 0 saturated heterocycles. The summed E-state index contributed by atoms with van der Waals surface area (Å²) in [6.07, 6.45) is 0.561. The van der Waals surface area contributed by atoms with Gasteiger partial charge in [0.2, 0.25) is 0 Å². The zero-order valence-electron chi connectivity index (χ0n) is 13.2.